The Labute approximate surface area is 464 Å². The zero-order valence-electron chi connectivity index (χ0n) is 50.1. The summed E-state index contributed by atoms with van der Waals surface area (Å²) in [6.45, 7) is 4.23. The molecule has 0 aromatic heterocycles. The predicted molar refractivity (Wildman–Crippen MR) is 331 cm³/mol. The molecule has 2 atom stereocenters. The van der Waals surface area contributed by atoms with Gasteiger partial charge in [-0.2, -0.15) is 0 Å². The molecule has 434 valence electrons. The van der Waals surface area contributed by atoms with E-state index < -0.39 is 12.1 Å². The summed E-state index contributed by atoms with van der Waals surface area (Å²) in [6, 6.07) is -0.625. The Morgan fingerprint density at radius 1 is 0.338 bits per heavy atom. The van der Waals surface area contributed by atoms with Crippen molar-refractivity contribution in [1.29, 1.82) is 0 Å². The summed E-state index contributed by atoms with van der Waals surface area (Å²) >= 11 is 0. The Kier molecular flexibility index (Phi) is 63.7. The van der Waals surface area contributed by atoms with Crippen molar-refractivity contribution in [2.75, 3.05) is 6.61 Å². The quantitative estimate of drug-likeness (QED) is 0.0420. The lowest BCUT2D eigenvalue weighted by molar-refractivity contribution is -0.123. The van der Waals surface area contributed by atoms with Crippen molar-refractivity contribution >= 4 is 5.91 Å². The SMILES string of the molecule is CC/C=C\C/C=C\C/C=C\C/C=C\CCCCCCCCCCCCCCCCCCC(=O)NC(CO)C(O)/C=C/CCCCCCCCCCCCCCCCCCCCCCCCCCCCCCCCC. The van der Waals surface area contributed by atoms with Crippen LogP contribution < -0.4 is 5.32 Å². The maximum absolute atomic E-state index is 12.5. The van der Waals surface area contributed by atoms with Gasteiger partial charge in [0.1, 0.15) is 0 Å². The highest BCUT2D eigenvalue weighted by Gasteiger charge is 2.18. The number of unbranched alkanes of at least 4 members (excludes halogenated alkanes) is 47. The highest BCUT2D eigenvalue weighted by Crippen LogP contribution is 2.19. The van der Waals surface area contributed by atoms with Gasteiger partial charge >= 0.3 is 0 Å². The number of aliphatic hydroxyl groups is 2. The van der Waals surface area contributed by atoms with E-state index in [0.717, 1.165) is 51.4 Å². The molecule has 0 spiro atoms. The third-order valence-corrected chi connectivity index (χ3v) is 15.5. The van der Waals surface area contributed by atoms with Crippen LogP contribution in [0, 0.1) is 0 Å². The van der Waals surface area contributed by atoms with Crippen LogP contribution in [0.2, 0.25) is 0 Å². The number of amides is 1. The van der Waals surface area contributed by atoms with E-state index >= 15 is 0 Å². The maximum Gasteiger partial charge on any atom is 0.220 e. The van der Waals surface area contributed by atoms with Crippen LogP contribution in [-0.2, 0) is 4.79 Å². The van der Waals surface area contributed by atoms with Gasteiger partial charge < -0.3 is 15.5 Å². The van der Waals surface area contributed by atoms with Gasteiger partial charge in [0.15, 0.2) is 0 Å². The summed E-state index contributed by atoms with van der Waals surface area (Å²) in [7, 11) is 0. The van der Waals surface area contributed by atoms with Crippen molar-refractivity contribution in [2.24, 2.45) is 0 Å². The van der Waals surface area contributed by atoms with Crippen LogP contribution in [-0.4, -0.2) is 34.9 Å². The minimum Gasteiger partial charge on any atom is -0.394 e. The zero-order chi connectivity index (χ0) is 53.4. The molecule has 0 saturated carbocycles. The Balaban J connectivity index is 3.44. The molecule has 0 heterocycles. The molecule has 1 amide bonds. The average molecular weight is 1030 g/mol. The van der Waals surface area contributed by atoms with Crippen LogP contribution in [0.5, 0.6) is 0 Å². The van der Waals surface area contributed by atoms with Gasteiger partial charge in [-0.05, 0) is 57.8 Å². The highest BCUT2D eigenvalue weighted by atomic mass is 16.3. The fourth-order valence-corrected chi connectivity index (χ4v) is 10.5. The Hall–Kier alpha value is -1.91. The molecule has 0 radical (unpaired) electrons. The number of allylic oxidation sites excluding steroid dienone is 9. The average Bonchev–Trinajstić information content (AvgIpc) is 3.40. The molecule has 0 rings (SSSR count). The second-order valence-electron chi connectivity index (χ2n) is 22.9. The lowest BCUT2D eigenvalue weighted by Crippen LogP contribution is -2.45. The third-order valence-electron chi connectivity index (χ3n) is 15.5. The van der Waals surface area contributed by atoms with Crippen LogP contribution in [0.3, 0.4) is 0 Å². The molecule has 0 saturated heterocycles. The van der Waals surface area contributed by atoms with Gasteiger partial charge in [0, 0.05) is 6.42 Å². The van der Waals surface area contributed by atoms with Crippen LogP contribution in [0.4, 0.5) is 0 Å². The van der Waals surface area contributed by atoms with E-state index in [-0.39, 0.29) is 12.5 Å². The first-order valence-corrected chi connectivity index (χ1v) is 33.5. The molecule has 2 unspecified atom stereocenters. The van der Waals surface area contributed by atoms with Gasteiger partial charge in [0.2, 0.25) is 5.91 Å². The number of aliphatic hydroxyl groups excluding tert-OH is 2. The first-order valence-electron chi connectivity index (χ1n) is 33.5. The Morgan fingerprint density at radius 3 is 0.892 bits per heavy atom. The van der Waals surface area contributed by atoms with E-state index in [9.17, 15) is 15.0 Å². The van der Waals surface area contributed by atoms with Crippen LogP contribution in [0.25, 0.3) is 0 Å². The van der Waals surface area contributed by atoms with Crippen molar-refractivity contribution in [3.05, 3.63) is 60.8 Å². The molecular formula is C70H131NO3. The largest absolute Gasteiger partial charge is 0.394 e. The van der Waals surface area contributed by atoms with Crippen LogP contribution in [0.15, 0.2) is 60.8 Å². The molecule has 0 fully saturated rings. The van der Waals surface area contributed by atoms with E-state index in [4.69, 9.17) is 0 Å². The molecule has 4 heteroatoms. The number of carbonyl (C=O) groups is 1. The van der Waals surface area contributed by atoms with Crippen molar-refractivity contribution in [1.82, 2.24) is 5.32 Å². The molecule has 3 N–H and O–H groups in total. The van der Waals surface area contributed by atoms with E-state index in [0.29, 0.717) is 6.42 Å². The molecule has 0 bridgehead atoms. The molecule has 0 aliphatic rings. The highest BCUT2D eigenvalue weighted by molar-refractivity contribution is 5.76. The van der Waals surface area contributed by atoms with Crippen molar-refractivity contribution < 1.29 is 15.0 Å². The fraction of sp³-hybridized carbons (Fsp3) is 0.843. The summed E-state index contributed by atoms with van der Waals surface area (Å²) in [4.78, 5) is 12.5. The van der Waals surface area contributed by atoms with E-state index in [1.54, 1.807) is 6.08 Å². The predicted octanol–water partition coefficient (Wildman–Crippen LogP) is 22.7. The molecular weight excluding hydrogens is 903 g/mol. The third kappa shape index (κ3) is 60.9. The van der Waals surface area contributed by atoms with Crippen LogP contribution >= 0.6 is 0 Å². The molecule has 0 aliphatic carbocycles. The van der Waals surface area contributed by atoms with E-state index in [1.165, 1.54) is 289 Å². The maximum atomic E-state index is 12.5. The van der Waals surface area contributed by atoms with Gasteiger partial charge in [-0.1, -0.05) is 357 Å². The zero-order valence-corrected chi connectivity index (χ0v) is 50.1. The summed E-state index contributed by atoms with van der Waals surface area (Å²) in [5, 5.41) is 23.3. The first kappa shape index (κ1) is 72.1. The Bertz CT molecular complexity index is 1220. The minimum absolute atomic E-state index is 0.0598. The number of hydrogen-bond acceptors (Lipinski definition) is 3. The number of rotatable bonds is 62. The molecule has 4 nitrogen and oxygen atoms in total. The lowest BCUT2D eigenvalue weighted by Gasteiger charge is -2.20. The smallest absolute Gasteiger partial charge is 0.220 e. The Morgan fingerprint density at radius 2 is 0.595 bits per heavy atom. The summed E-state index contributed by atoms with van der Waals surface area (Å²) in [6.07, 6.45) is 93.0. The second kappa shape index (κ2) is 65.4. The topological polar surface area (TPSA) is 69.6 Å². The number of carbonyl (C=O) groups excluding carboxylic acids is 1. The molecule has 0 aromatic rings. The summed E-state index contributed by atoms with van der Waals surface area (Å²) < 4.78 is 0. The molecule has 0 aromatic carbocycles. The normalized spacial score (nSPS) is 13.1. The van der Waals surface area contributed by atoms with E-state index in [2.05, 4.69) is 67.8 Å². The second-order valence-corrected chi connectivity index (χ2v) is 22.9. The standard InChI is InChI=1S/C70H131NO3/c1-3-5-7-9-11-13-15-17-19-21-23-25-27-29-31-33-34-35-36-38-39-41-43-45-47-49-51-53-55-57-59-61-63-65-69(73)68(67-72)71-70(74)66-64-62-60-58-56-54-52-50-48-46-44-42-40-37-32-30-28-26-24-22-20-18-16-14-12-10-8-6-4-2/h6,8,12,14,18,20,24,26,63,65,68-69,72-73H,3-5,7,9-11,13,15-17,19,21-23,25,27-62,64,66-67H2,1-2H3,(H,71,74)/b8-6-,14-12-,20-18-,26-24-,65-63+. The summed E-state index contributed by atoms with van der Waals surface area (Å²) in [5.41, 5.74) is 0. The van der Waals surface area contributed by atoms with Crippen LogP contribution in [0.1, 0.15) is 361 Å². The van der Waals surface area contributed by atoms with Gasteiger partial charge in [0.25, 0.3) is 0 Å². The number of hydrogen-bond donors (Lipinski definition) is 3. The monoisotopic (exact) mass is 1030 g/mol. The first-order chi connectivity index (χ1) is 36.7. The fourth-order valence-electron chi connectivity index (χ4n) is 10.5. The van der Waals surface area contributed by atoms with Gasteiger partial charge in [-0.25, -0.2) is 0 Å². The summed E-state index contributed by atoms with van der Waals surface area (Å²) in [5.74, 6) is -0.0598. The van der Waals surface area contributed by atoms with Crippen molar-refractivity contribution in [2.45, 2.75) is 373 Å². The van der Waals surface area contributed by atoms with Gasteiger partial charge in [-0.15, -0.1) is 0 Å². The van der Waals surface area contributed by atoms with Gasteiger partial charge in [-0.3, -0.25) is 4.79 Å². The van der Waals surface area contributed by atoms with Gasteiger partial charge in [0.05, 0.1) is 18.8 Å². The molecule has 74 heavy (non-hydrogen) atoms. The minimum atomic E-state index is -0.842. The number of nitrogens with one attached hydrogen (secondary N) is 1. The lowest BCUT2D eigenvalue weighted by atomic mass is 10.0. The van der Waals surface area contributed by atoms with E-state index in [1.807, 2.05) is 6.08 Å². The van der Waals surface area contributed by atoms with Crippen molar-refractivity contribution in [3.8, 4) is 0 Å². The molecule has 0 aliphatic heterocycles. The van der Waals surface area contributed by atoms with Crippen molar-refractivity contribution in [3.63, 3.8) is 0 Å².